The second kappa shape index (κ2) is 6.01. The van der Waals surface area contributed by atoms with E-state index >= 15 is 0 Å². The van der Waals surface area contributed by atoms with Gasteiger partial charge < -0.3 is 5.73 Å². The summed E-state index contributed by atoms with van der Waals surface area (Å²) < 4.78 is 27.4. The molecule has 0 fully saturated rings. The molecule has 1 aromatic carbocycles. The van der Waals surface area contributed by atoms with Crippen molar-refractivity contribution in [3.8, 4) is 0 Å². The van der Waals surface area contributed by atoms with Gasteiger partial charge in [-0.15, -0.1) is 0 Å². The van der Waals surface area contributed by atoms with Crippen LogP contribution in [0.1, 0.15) is 24.1 Å². The summed E-state index contributed by atoms with van der Waals surface area (Å²) in [6.07, 6.45) is 3.24. The van der Waals surface area contributed by atoms with Gasteiger partial charge in [0.05, 0.1) is 4.90 Å². The Hall–Kier alpha value is -1.63. The topological polar surface area (TPSA) is 85.1 Å². The third kappa shape index (κ3) is 3.53. The highest BCUT2D eigenvalue weighted by Crippen LogP contribution is 2.26. The van der Waals surface area contributed by atoms with Gasteiger partial charge in [-0.3, -0.25) is 4.98 Å². The van der Waals surface area contributed by atoms with E-state index in [-0.39, 0.29) is 4.90 Å². The van der Waals surface area contributed by atoms with Gasteiger partial charge in [-0.1, -0.05) is 17.7 Å². The molecule has 0 bridgehead atoms. The molecule has 2 aromatic rings. The zero-order valence-corrected chi connectivity index (χ0v) is 13.2. The molecule has 2 rings (SSSR count). The quantitative estimate of drug-likeness (QED) is 0.846. The van der Waals surface area contributed by atoms with E-state index in [0.717, 1.165) is 5.56 Å². The van der Waals surface area contributed by atoms with Gasteiger partial charge in [-0.25, -0.2) is 13.1 Å². The van der Waals surface area contributed by atoms with E-state index in [9.17, 15) is 8.42 Å². The number of aromatic nitrogens is 1. The average Bonchev–Trinajstić information content (AvgIpc) is 2.44. The highest BCUT2D eigenvalue weighted by molar-refractivity contribution is 7.89. The zero-order valence-electron chi connectivity index (χ0n) is 11.7. The second-order valence-electron chi connectivity index (χ2n) is 4.75. The molecule has 0 aliphatic heterocycles. The van der Waals surface area contributed by atoms with Crippen LogP contribution in [0.25, 0.3) is 0 Å². The maximum atomic E-state index is 12.4. The summed E-state index contributed by atoms with van der Waals surface area (Å²) in [7, 11) is -3.71. The Morgan fingerprint density at radius 2 is 2.10 bits per heavy atom. The SMILES string of the molecule is Cc1c(N)cc(S(=O)(=O)NC(C)c2cccnc2)cc1Cl. The molecule has 1 aromatic heterocycles. The van der Waals surface area contributed by atoms with E-state index in [0.29, 0.717) is 16.3 Å². The second-order valence-corrected chi connectivity index (χ2v) is 6.87. The molecule has 0 radical (unpaired) electrons. The number of nitrogens with one attached hydrogen (secondary N) is 1. The predicted octanol–water partition coefficient (Wildman–Crippen LogP) is 2.67. The lowest BCUT2D eigenvalue weighted by molar-refractivity contribution is 0.566. The number of sulfonamides is 1. The molecule has 0 aliphatic rings. The van der Waals surface area contributed by atoms with Crippen molar-refractivity contribution >= 4 is 27.3 Å². The number of hydrogen-bond donors (Lipinski definition) is 2. The predicted molar refractivity (Wildman–Crippen MR) is 83.6 cm³/mol. The molecule has 7 heteroatoms. The lowest BCUT2D eigenvalue weighted by Crippen LogP contribution is -2.27. The summed E-state index contributed by atoms with van der Waals surface area (Å²) in [6, 6.07) is 5.94. The summed E-state index contributed by atoms with van der Waals surface area (Å²) in [5.74, 6) is 0. The van der Waals surface area contributed by atoms with Crippen LogP contribution >= 0.6 is 11.6 Å². The molecule has 0 saturated carbocycles. The molecule has 1 heterocycles. The first kappa shape index (κ1) is 15.8. The standard InChI is InChI=1S/C14H16ClN3O2S/c1-9-13(15)6-12(7-14(9)16)21(19,20)18-10(2)11-4-3-5-17-8-11/h3-8,10,18H,16H2,1-2H3. The number of hydrogen-bond acceptors (Lipinski definition) is 4. The molecular formula is C14H16ClN3O2S. The number of nitrogens with two attached hydrogens (primary N) is 1. The maximum Gasteiger partial charge on any atom is 0.241 e. The summed E-state index contributed by atoms with van der Waals surface area (Å²) in [5.41, 5.74) is 7.55. The normalized spacial score (nSPS) is 13.1. The molecule has 1 unspecified atom stereocenters. The van der Waals surface area contributed by atoms with Crippen molar-refractivity contribution in [2.75, 3.05) is 5.73 Å². The average molecular weight is 326 g/mol. The number of rotatable bonds is 4. The van der Waals surface area contributed by atoms with Crippen LogP contribution in [0.3, 0.4) is 0 Å². The number of halogens is 1. The van der Waals surface area contributed by atoms with Gasteiger partial charge in [0.2, 0.25) is 10.0 Å². The lowest BCUT2D eigenvalue weighted by Gasteiger charge is -2.15. The van der Waals surface area contributed by atoms with Crippen molar-refractivity contribution < 1.29 is 8.42 Å². The number of pyridine rings is 1. The van der Waals surface area contributed by atoms with Crippen LogP contribution in [0, 0.1) is 6.92 Å². The lowest BCUT2D eigenvalue weighted by atomic mass is 10.2. The van der Waals surface area contributed by atoms with Gasteiger partial charge in [-0.05, 0) is 43.2 Å². The Balaban J connectivity index is 2.31. The Kier molecular flexibility index (Phi) is 4.51. The summed E-state index contributed by atoms with van der Waals surface area (Å²) in [6.45, 7) is 3.48. The first-order valence-electron chi connectivity index (χ1n) is 6.29. The van der Waals surface area contributed by atoms with Crippen LogP contribution in [0.5, 0.6) is 0 Å². The van der Waals surface area contributed by atoms with Crippen molar-refractivity contribution in [1.82, 2.24) is 9.71 Å². The highest BCUT2D eigenvalue weighted by Gasteiger charge is 2.20. The van der Waals surface area contributed by atoms with Crippen LogP contribution in [0.2, 0.25) is 5.02 Å². The van der Waals surface area contributed by atoms with Crippen molar-refractivity contribution in [2.24, 2.45) is 0 Å². The maximum absolute atomic E-state index is 12.4. The van der Waals surface area contributed by atoms with Crippen molar-refractivity contribution in [2.45, 2.75) is 24.8 Å². The molecular weight excluding hydrogens is 310 g/mol. The monoisotopic (exact) mass is 325 g/mol. The van der Waals surface area contributed by atoms with E-state index < -0.39 is 16.1 Å². The summed E-state index contributed by atoms with van der Waals surface area (Å²) in [4.78, 5) is 4.02. The fourth-order valence-corrected chi connectivity index (χ4v) is 3.41. The fraction of sp³-hybridized carbons (Fsp3) is 0.214. The van der Waals surface area contributed by atoms with E-state index in [4.69, 9.17) is 17.3 Å². The largest absolute Gasteiger partial charge is 0.398 e. The third-order valence-corrected chi connectivity index (χ3v) is 5.10. The van der Waals surface area contributed by atoms with Gasteiger partial charge in [0, 0.05) is 29.1 Å². The minimum absolute atomic E-state index is 0.0475. The minimum atomic E-state index is -3.71. The van der Waals surface area contributed by atoms with E-state index in [1.54, 1.807) is 38.4 Å². The van der Waals surface area contributed by atoms with E-state index in [1.807, 2.05) is 0 Å². The Bertz CT molecular complexity index is 725. The van der Waals surface area contributed by atoms with Gasteiger partial charge in [0.15, 0.2) is 0 Å². The van der Waals surface area contributed by atoms with Gasteiger partial charge in [0.25, 0.3) is 0 Å². The van der Waals surface area contributed by atoms with Crippen LogP contribution in [0.4, 0.5) is 5.69 Å². The smallest absolute Gasteiger partial charge is 0.241 e. The summed E-state index contributed by atoms with van der Waals surface area (Å²) >= 11 is 6.00. The number of anilines is 1. The van der Waals surface area contributed by atoms with Crippen LogP contribution in [-0.2, 0) is 10.0 Å². The van der Waals surface area contributed by atoms with Crippen molar-refractivity contribution in [3.63, 3.8) is 0 Å². The third-order valence-electron chi connectivity index (χ3n) is 3.18. The number of nitrogen functional groups attached to an aromatic ring is 1. The van der Waals surface area contributed by atoms with E-state index in [1.165, 1.54) is 12.1 Å². The van der Waals surface area contributed by atoms with Crippen molar-refractivity contribution in [1.29, 1.82) is 0 Å². The molecule has 3 N–H and O–H groups in total. The van der Waals surface area contributed by atoms with Gasteiger partial charge in [0.1, 0.15) is 0 Å². The van der Waals surface area contributed by atoms with Gasteiger partial charge in [-0.2, -0.15) is 0 Å². The van der Waals surface area contributed by atoms with Crippen molar-refractivity contribution in [3.05, 3.63) is 52.8 Å². The molecule has 0 spiro atoms. The van der Waals surface area contributed by atoms with Crippen LogP contribution in [0.15, 0.2) is 41.6 Å². The first-order valence-corrected chi connectivity index (χ1v) is 8.15. The molecule has 21 heavy (non-hydrogen) atoms. The highest BCUT2D eigenvalue weighted by atomic mass is 35.5. The fourth-order valence-electron chi connectivity index (χ4n) is 1.83. The van der Waals surface area contributed by atoms with Gasteiger partial charge >= 0.3 is 0 Å². The Morgan fingerprint density at radius 1 is 1.38 bits per heavy atom. The van der Waals surface area contributed by atoms with E-state index in [2.05, 4.69) is 9.71 Å². The Labute approximate surface area is 129 Å². The summed E-state index contributed by atoms with van der Waals surface area (Å²) in [5, 5.41) is 0.324. The molecule has 0 saturated heterocycles. The minimum Gasteiger partial charge on any atom is -0.398 e. The van der Waals surface area contributed by atoms with Crippen LogP contribution < -0.4 is 10.5 Å². The molecule has 0 aliphatic carbocycles. The number of benzene rings is 1. The Morgan fingerprint density at radius 3 is 2.67 bits per heavy atom. The molecule has 5 nitrogen and oxygen atoms in total. The first-order chi connectivity index (χ1) is 9.81. The number of nitrogens with zero attached hydrogens (tertiary/aromatic N) is 1. The van der Waals surface area contributed by atoms with Crippen LogP contribution in [-0.4, -0.2) is 13.4 Å². The molecule has 1 atom stereocenters. The molecule has 0 amide bonds. The molecule has 112 valence electrons. The zero-order chi connectivity index (χ0) is 15.6.